The fourth-order valence-electron chi connectivity index (χ4n) is 2.08. The first-order valence-electron chi connectivity index (χ1n) is 6.03. The minimum atomic E-state index is -0.755. The van der Waals surface area contributed by atoms with Crippen LogP contribution in [-0.2, 0) is 0 Å². The van der Waals surface area contributed by atoms with Gasteiger partial charge in [-0.25, -0.2) is 8.78 Å². The SMILES string of the molecule is Nc1noc(-c2ccc(F)cc2F)c1-c1cccc(Cl)c1. The molecule has 0 saturated heterocycles. The van der Waals surface area contributed by atoms with Crippen molar-refractivity contribution in [3.63, 3.8) is 0 Å². The molecule has 3 rings (SSSR count). The normalized spacial score (nSPS) is 10.8. The molecule has 0 atom stereocenters. The molecule has 2 aromatic carbocycles. The molecule has 0 spiro atoms. The average Bonchev–Trinajstić information content (AvgIpc) is 2.80. The number of benzene rings is 2. The number of nitrogens with zero attached hydrogens (tertiary/aromatic N) is 1. The second-order valence-corrected chi connectivity index (χ2v) is 4.84. The van der Waals surface area contributed by atoms with E-state index in [1.165, 1.54) is 6.07 Å². The lowest BCUT2D eigenvalue weighted by Crippen LogP contribution is -1.90. The molecule has 21 heavy (non-hydrogen) atoms. The molecule has 0 radical (unpaired) electrons. The fourth-order valence-corrected chi connectivity index (χ4v) is 2.27. The Balaban J connectivity index is 2.22. The molecule has 3 nitrogen and oxygen atoms in total. The smallest absolute Gasteiger partial charge is 0.179 e. The van der Waals surface area contributed by atoms with Crippen molar-refractivity contribution in [2.75, 3.05) is 5.73 Å². The van der Waals surface area contributed by atoms with Gasteiger partial charge in [-0.05, 0) is 29.8 Å². The van der Waals surface area contributed by atoms with E-state index in [4.69, 9.17) is 21.9 Å². The summed E-state index contributed by atoms with van der Waals surface area (Å²) < 4.78 is 32.1. The van der Waals surface area contributed by atoms with Gasteiger partial charge in [0.25, 0.3) is 0 Å². The number of anilines is 1. The van der Waals surface area contributed by atoms with E-state index < -0.39 is 11.6 Å². The molecule has 1 aromatic heterocycles. The zero-order valence-corrected chi connectivity index (χ0v) is 11.4. The number of aromatic nitrogens is 1. The zero-order valence-electron chi connectivity index (χ0n) is 10.6. The van der Waals surface area contributed by atoms with E-state index in [1.807, 2.05) is 0 Å². The molecule has 0 fully saturated rings. The summed E-state index contributed by atoms with van der Waals surface area (Å²) in [7, 11) is 0. The lowest BCUT2D eigenvalue weighted by Gasteiger charge is -2.04. The van der Waals surface area contributed by atoms with Gasteiger partial charge in [-0.1, -0.05) is 28.9 Å². The Bertz CT molecular complexity index is 817. The Morgan fingerprint density at radius 2 is 1.90 bits per heavy atom. The van der Waals surface area contributed by atoms with Crippen LogP contribution in [0.1, 0.15) is 0 Å². The summed E-state index contributed by atoms with van der Waals surface area (Å²) in [6, 6.07) is 10.0. The Kier molecular flexibility index (Phi) is 3.35. The average molecular weight is 307 g/mol. The molecule has 0 aliphatic carbocycles. The van der Waals surface area contributed by atoms with E-state index in [-0.39, 0.29) is 17.1 Å². The zero-order chi connectivity index (χ0) is 15.0. The molecule has 0 aliphatic heterocycles. The molecule has 3 aromatic rings. The van der Waals surface area contributed by atoms with Gasteiger partial charge in [0, 0.05) is 11.1 Å². The topological polar surface area (TPSA) is 52.0 Å². The van der Waals surface area contributed by atoms with Crippen molar-refractivity contribution in [2.45, 2.75) is 0 Å². The van der Waals surface area contributed by atoms with Gasteiger partial charge in [0.15, 0.2) is 11.6 Å². The van der Waals surface area contributed by atoms with Crippen molar-refractivity contribution in [3.8, 4) is 22.5 Å². The van der Waals surface area contributed by atoms with Crippen LogP contribution in [0.25, 0.3) is 22.5 Å². The summed E-state index contributed by atoms with van der Waals surface area (Å²) in [5, 5.41) is 4.16. The maximum absolute atomic E-state index is 13.9. The first-order chi connectivity index (χ1) is 10.1. The lowest BCUT2D eigenvalue weighted by molar-refractivity contribution is 0.433. The number of halogens is 3. The maximum atomic E-state index is 13.9. The summed E-state index contributed by atoms with van der Waals surface area (Å²) in [5.41, 5.74) is 6.93. The highest BCUT2D eigenvalue weighted by molar-refractivity contribution is 6.30. The van der Waals surface area contributed by atoms with E-state index in [0.29, 0.717) is 16.1 Å². The van der Waals surface area contributed by atoms with Crippen molar-refractivity contribution in [3.05, 3.63) is 59.1 Å². The Hall–Kier alpha value is -2.40. The highest BCUT2D eigenvalue weighted by Crippen LogP contribution is 2.38. The second kappa shape index (κ2) is 5.18. The molecule has 0 saturated carbocycles. The summed E-state index contributed by atoms with van der Waals surface area (Å²) in [6.45, 7) is 0. The largest absolute Gasteiger partial charge is 0.380 e. The van der Waals surface area contributed by atoms with Crippen LogP contribution in [0.15, 0.2) is 47.0 Å². The summed E-state index contributed by atoms with van der Waals surface area (Å²) >= 11 is 5.95. The Morgan fingerprint density at radius 3 is 2.62 bits per heavy atom. The summed E-state index contributed by atoms with van der Waals surface area (Å²) in [4.78, 5) is 0. The number of nitrogens with two attached hydrogens (primary N) is 1. The first-order valence-corrected chi connectivity index (χ1v) is 6.40. The molecule has 6 heteroatoms. The van der Waals surface area contributed by atoms with Gasteiger partial charge in [0.2, 0.25) is 0 Å². The van der Waals surface area contributed by atoms with Crippen molar-refractivity contribution >= 4 is 17.4 Å². The third-order valence-corrected chi connectivity index (χ3v) is 3.24. The third kappa shape index (κ3) is 2.48. The monoisotopic (exact) mass is 306 g/mol. The third-order valence-electron chi connectivity index (χ3n) is 3.01. The molecule has 1 heterocycles. The standard InChI is InChI=1S/C15H9ClF2N2O/c16-9-3-1-2-8(6-9)13-14(21-20-15(13)19)11-5-4-10(17)7-12(11)18/h1-7H,(H2,19,20). The van der Waals surface area contributed by atoms with Crippen LogP contribution in [0.2, 0.25) is 5.02 Å². The fraction of sp³-hybridized carbons (Fsp3) is 0. The molecular weight excluding hydrogens is 298 g/mol. The minimum absolute atomic E-state index is 0.0792. The van der Waals surface area contributed by atoms with E-state index in [1.54, 1.807) is 24.3 Å². The van der Waals surface area contributed by atoms with Crippen LogP contribution in [0.3, 0.4) is 0 Å². The van der Waals surface area contributed by atoms with Crippen molar-refractivity contribution < 1.29 is 13.3 Å². The highest BCUT2D eigenvalue weighted by atomic mass is 35.5. The van der Waals surface area contributed by atoms with E-state index in [2.05, 4.69) is 5.16 Å². The predicted octanol–water partition coefficient (Wildman–Crippen LogP) is 4.52. The first kappa shape index (κ1) is 13.6. The molecular formula is C15H9ClF2N2O. The summed E-state index contributed by atoms with van der Waals surface area (Å²) in [6.07, 6.45) is 0. The van der Waals surface area contributed by atoms with Gasteiger partial charge in [-0.3, -0.25) is 0 Å². The minimum Gasteiger partial charge on any atom is -0.380 e. The van der Waals surface area contributed by atoms with Crippen LogP contribution in [-0.4, -0.2) is 5.16 Å². The van der Waals surface area contributed by atoms with Crippen LogP contribution >= 0.6 is 11.6 Å². The second-order valence-electron chi connectivity index (χ2n) is 4.41. The van der Waals surface area contributed by atoms with Crippen LogP contribution in [0.4, 0.5) is 14.6 Å². The Morgan fingerprint density at radius 1 is 1.10 bits per heavy atom. The quantitative estimate of drug-likeness (QED) is 0.757. The van der Waals surface area contributed by atoms with Gasteiger partial charge in [0.1, 0.15) is 11.6 Å². The lowest BCUT2D eigenvalue weighted by atomic mass is 10.0. The Labute approximate surface area is 123 Å². The number of rotatable bonds is 2. The van der Waals surface area contributed by atoms with Gasteiger partial charge in [-0.2, -0.15) is 0 Å². The maximum Gasteiger partial charge on any atom is 0.179 e. The van der Waals surface area contributed by atoms with Gasteiger partial charge in [-0.15, -0.1) is 0 Å². The predicted molar refractivity (Wildman–Crippen MR) is 76.7 cm³/mol. The highest BCUT2D eigenvalue weighted by Gasteiger charge is 2.20. The summed E-state index contributed by atoms with van der Waals surface area (Å²) in [5.74, 6) is -1.19. The van der Waals surface area contributed by atoms with Gasteiger partial charge in [0.05, 0.1) is 11.1 Å². The molecule has 2 N–H and O–H groups in total. The van der Waals surface area contributed by atoms with Gasteiger partial charge >= 0.3 is 0 Å². The van der Waals surface area contributed by atoms with Gasteiger partial charge < -0.3 is 10.3 Å². The van der Waals surface area contributed by atoms with E-state index >= 15 is 0 Å². The van der Waals surface area contributed by atoms with Crippen molar-refractivity contribution in [2.24, 2.45) is 0 Å². The van der Waals surface area contributed by atoms with Crippen molar-refractivity contribution in [1.29, 1.82) is 0 Å². The van der Waals surface area contributed by atoms with Crippen LogP contribution in [0, 0.1) is 11.6 Å². The van der Waals surface area contributed by atoms with Crippen molar-refractivity contribution in [1.82, 2.24) is 5.16 Å². The molecule has 0 amide bonds. The van der Waals surface area contributed by atoms with Crippen LogP contribution in [0.5, 0.6) is 0 Å². The number of hydrogen-bond donors (Lipinski definition) is 1. The molecule has 106 valence electrons. The molecule has 0 aliphatic rings. The molecule has 0 unspecified atom stereocenters. The van der Waals surface area contributed by atoms with Crippen LogP contribution < -0.4 is 5.73 Å². The molecule has 0 bridgehead atoms. The number of nitrogen functional groups attached to an aromatic ring is 1. The van der Waals surface area contributed by atoms with E-state index in [0.717, 1.165) is 12.1 Å². The number of hydrogen-bond acceptors (Lipinski definition) is 3. The van der Waals surface area contributed by atoms with E-state index in [9.17, 15) is 8.78 Å².